The van der Waals surface area contributed by atoms with Gasteiger partial charge in [-0.25, -0.2) is 0 Å². The number of carbonyl (C=O) groups is 2. The highest BCUT2D eigenvalue weighted by atomic mass is 16.2. The van der Waals surface area contributed by atoms with Gasteiger partial charge in [-0.15, -0.1) is 0 Å². The third-order valence-electron chi connectivity index (χ3n) is 6.11. The van der Waals surface area contributed by atoms with E-state index in [-0.39, 0.29) is 17.0 Å². The summed E-state index contributed by atoms with van der Waals surface area (Å²) in [5.74, 6) is -0.590. The molecule has 2 aromatic rings. The van der Waals surface area contributed by atoms with Gasteiger partial charge < -0.3 is 15.2 Å². The summed E-state index contributed by atoms with van der Waals surface area (Å²) in [6.45, 7) is 3.76. The number of nitrogens with zero attached hydrogens (tertiary/aromatic N) is 3. The highest BCUT2D eigenvalue weighted by molar-refractivity contribution is 5.94. The van der Waals surface area contributed by atoms with Crippen LogP contribution in [-0.2, 0) is 30.7 Å². The number of amides is 2. The number of rotatable bonds is 6. The molecule has 0 aliphatic carbocycles. The van der Waals surface area contributed by atoms with Crippen LogP contribution >= 0.6 is 0 Å². The fourth-order valence-electron chi connectivity index (χ4n) is 4.47. The van der Waals surface area contributed by atoms with E-state index in [1.165, 1.54) is 0 Å². The average Bonchev–Trinajstić information content (AvgIpc) is 3.25. The van der Waals surface area contributed by atoms with E-state index in [1.54, 1.807) is 4.57 Å². The van der Waals surface area contributed by atoms with Crippen LogP contribution in [0, 0.1) is 0 Å². The molecule has 158 valence electrons. The van der Waals surface area contributed by atoms with Gasteiger partial charge in [-0.2, -0.15) is 0 Å². The van der Waals surface area contributed by atoms with Crippen LogP contribution in [0.4, 0.5) is 0 Å². The maximum absolute atomic E-state index is 12.9. The molecular weight excluding hydrogens is 380 g/mol. The first-order valence-electron chi connectivity index (χ1n) is 10.6. The molecule has 2 amide bonds. The third kappa shape index (κ3) is 4.31. The van der Waals surface area contributed by atoms with Crippen LogP contribution in [0.5, 0.6) is 0 Å². The van der Waals surface area contributed by atoms with Crippen LogP contribution in [0.25, 0.3) is 0 Å². The molecule has 2 N–H and O–H groups in total. The largest absolute Gasteiger partial charge is 0.365 e. The highest BCUT2D eigenvalue weighted by Crippen LogP contribution is 2.21. The van der Waals surface area contributed by atoms with Crippen LogP contribution < -0.4 is 11.3 Å². The molecule has 7 heteroatoms. The first kappa shape index (κ1) is 20.3. The first-order chi connectivity index (χ1) is 14.5. The van der Waals surface area contributed by atoms with Crippen molar-refractivity contribution in [1.29, 1.82) is 0 Å². The van der Waals surface area contributed by atoms with E-state index in [9.17, 15) is 14.4 Å². The lowest BCUT2D eigenvalue weighted by molar-refractivity contribution is -0.133. The molecule has 0 bridgehead atoms. The van der Waals surface area contributed by atoms with E-state index in [2.05, 4.69) is 4.90 Å². The zero-order valence-electron chi connectivity index (χ0n) is 17.2. The SMILES string of the molecule is NC(=O)c1c2c(cn(CCc3ccccc3)c1=O)CN(C(=O)CN1CCCC1)CC2. The van der Waals surface area contributed by atoms with Crippen molar-refractivity contribution in [2.45, 2.75) is 38.8 Å². The maximum Gasteiger partial charge on any atom is 0.263 e. The fourth-order valence-corrected chi connectivity index (χ4v) is 4.47. The second-order valence-corrected chi connectivity index (χ2v) is 8.15. The minimum atomic E-state index is -0.692. The van der Waals surface area contributed by atoms with Gasteiger partial charge in [0.15, 0.2) is 0 Å². The van der Waals surface area contributed by atoms with Crippen molar-refractivity contribution in [1.82, 2.24) is 14.4 Å². The number of carbonyl (C=O) groups excluding carboxylic acids is 2. The molecule has 7 nitrogen and oxygen atoms in total. The van der Waals surface area contributed by atoms with E-state index < -0.39 is 5.91 Å². The molecule has 1 aromatic carbocycles. The quantitative estimate of drug-likeness (QED) is 0.777. The van der Waals surface area contributed by atoms with Crippen molar-refractivity contribution >= 4 is 11.8 Å². The van der Waals surface area contributed by atoms with Gasteiger partial charge in [-0.1, -0.05) is 30.3 Å². The molecule has 0 radical (unpaired) electrons. The Bertz CT molecular complexity index is 993. The highest BCUT2D eigenvalue weighted by Gasteiger charge is 2.28. The number of likely N-dealkylation sites (tertiary alicyclic amines) is 1. The monoisotopic (exact) mass is 408 g/mol. The molecule has 1 saturated heterocycles. The van der Waals surface area contributed by atoms with Crippen molar-refractivity contribution in [2.75, 3.05) is 26.2 Å². The van der Waals surface area contributed by atoms with Crippen LogP contribution in [-0.4, -0.2) is 52.4 Å². The zero-order chi connectivity index (χ0) is 21.1. The van der Waals surface area contributed by atoms with Crippen molar-refractivity contribution in [3.05, 3.63) is 69.1 Å². The number of pyridine rings is 1. The lowest BCUT2D eigenvalue weighted by atomic mass is 9.96. The van der Waals surface area contributed by atoms with Gasteiger partial charge in [0.25, 0.3) is 11.5 Å². The second kappa shape index (κ2) is 8.83. The van der Waals surface area contributed by atoms with E-state index >= 15 is 0 Å². The number of primary amides is 1. The Hall–Kier alpha value is -2.93. The summed E-state index contributed by atoms with van der Waals surface area (Å²) in [5, 5.41) is 0. The summed E-state index contributed by atoms with van der Waals surface area (Å²) in [7, 11) is 0. The van der Waals surface area contributed by atoms with E-state index in [4.69, 9.17) is 5.73 Å². The molecule has 0 atom stereocenters. The minimum Gasteiger partial charge on any atom is -0.365 e. The molecule has 1 fully saturated rings. The summed E-state index contributed by atoms with van der Waals surface area (Å²) in [6.07, 6.45) is 5.25. The number of aromatic nitrogens is 1. The Balaban J connectivity index is 1.57. The Labute approximate surface area is 176 Å². The van der Waals surface area contributed by atoms with Crippen LogP contribution in [0.1, 0.15) is 39.9 Å². The van der Waals surface area contributed by atoms with E-state index in [1.807, 2.05) is 41.4 Å². The van der Waals surface area contributed by atoms with Crippen molar-refractivity contribution in [3.63, 3.8) is 0 Å². The molecule has 0 saturated carbocycles. The lowest BCUT2D eigenvalue weighted by Crippen LogP contribution is -2.44. The van der Waals surface area contributed by atoms with Crippen molar-refractivity contribution in [2.24, 2.45) is 5.73 Å². The Morgan fingerprint density at radius 2 is 1.77 bits per heavy atom. The molecule has 4 rings (SSSR count). The van der Waals surface area contributed by atoms with Crippen LogP contribution in [0.3, 0.4) is 0 Å². The molecule has 3 heterocycles. The summed E-state index contributed by atoms with van der Waals surface area (Å²) < 4.78 is 1.57. The van der Waals surface area contributed by atoms with Gasteiger partial charge in [0, 0.05) is 25.8 Å². The number of hydrogen-bond acceptors (Lipinski definition) is 4. The van der Waals surface area contributed by atoms with Gasteiger partial charge in [-0.3, -0.25) is 19.3 Å². The number of benzene rings is 1. The van der Waals surface area contributed by atoms with Crippen LogP contribution in [0.2, 0.25) is 0 Å². The molecule has 2 aliphatic heterocycles. The average molecular weight is 409 g/mol. The Kier molecular flexibility index (Phi) is 5.99. The van der Waals surface area contributed by atoms with Gasteiger partial charge in [0.2, 0.25) is 5.91 Å². The van der Waals surface area contributed by atoms with Crippen molar-refractivity contribution in [3.8, 4) is 0 Å². The number of aryl methyl sites for hydroxylation is 2. The summed E-state index contributed by atoms with van der Waals surface area (Å²) >= 11 is 0. The predicted molar refractivity (Wildman–Crippen MR) is 114 cm³/mol. The topological polar surface area (TPSA) is 88.6 Å². The second-order valence-electron chi connectivity index (χ2n) is 8.15. The normalized spacial score (nSPS) is 16.5. The molecule has 0 unspecified atom stereocenters. The van der Waals surface area contributed by atoms with E-state index in [0.717, 1.165) is 37.1 Å². The summed E-state index contributed by atoms with van der Waals surface area (Å²) in [6, 6.07) is 9.90. The molecule has 30 heavy (non-hydrogen) atoms. The third-order valence-corrected chi connectivity index (χ3v) is 6.11. The van der Waals surface area contributed by atoms with E-state index in [0.29, 0.717) is 44.6 Å². The van der Waals surface area contributed by atoms with Gasteiger partial charge in [0.05, 0.1) is 6.54 Å². The zero-order valence-corrected chi connectivity index (χ0v) is 17.2. The standard InChI is InChI=1S/C23H28N4O3/c24-22(29)21-19-9-13-26(20(28)16-25-10-4-5-11-25)14-18(19)15-27(23(21)30)12-8-17-6-2-1-3-7-17/h1-3,6-7,15H,4-5,8-14,16H2,(H2,24,29). The maximum atomic E-state index is 12.9. The van der Waals surface area contributed by atoms with Gasteiger partial charge in [0.1, 0.15) is 5.56 Å². The molecular formula is C23H28N4O3. The number of nitrogens with two attached hydrogens (primary N) is 1. The summed E-state index contributed by atoms with van der Waals surface area (Å²) in [5.41, 5.74) is 7.98. The Morgan fingerprint density at radius 3 is 2.47 bits per heavy atom. The number of fused-ring (bicyclic) bond motifs is 1. The smallest absolute Gasteiger partial charge is 0.263 e. The molecule has 0 spiro atoms. The van der Waals surface area contributed by atoms with Crippen molar-refractivity contribution < 1.29 is 9.59 Å². The van der Waals surface area contributed by atoms with Gasteiger partial charge >= 0.3 is 0 Å². The fraction of sp³-hybridized carbons (Fsp3) is 0.435. The van der Waals surface area contributed by atoms with Gasteiger partial charge in [-0.05, 0) is 55.5 Å². The van der Waals surface area contributed by atoms with Crippen LogP contribution in [0.15, 0.2) is 41.3 Å². The number of hydrogen-bond donors (Lipinski definition) is 1. The minimum absolute atomic E-state index is 0.0761. The lowest BCUT2D eigenvalue weighted by Gasteiger charge is -2.31. The summed E-state index contributed by atoms with van der Waals surface area (Å²) in [4.78, 5) is 41.8. The Morgan fingerprint density at radius 1 is 1.03 bits per heavy atom. The molecule has 2 aliphatic rings. The predicted octanol–water partition coefficient (Wildman–Crippen LogP) is 1.17. The molecule has 1 aromatic heterocycles. The first-order valence-corrected chi connectivity index (χ1v) is 10.6.